The lowest BCUT2D eigenvalue weighted by Crippen LogP contribution is -2.71. The molecule has 3 aliphatic rings. The molecule has 0 aromatic heterocycles. The van der Waals surface area contributed by atoms with E-state index in [1.165, 1.54) is 0 Å². The maximum absolute atomic E-state index is 15.5. The number of carbonyl (C=O) groups excluding carboxylic acids is 1. The Morgan fingerprint density at radius 1 is 1.20 bits per heavy atom. The van der Waals surface area contributed by atoms with Gasteiger partial charge in [-0.15, -0.1) is 4.72 Å². The number of carbonyl (C=O) groups is 1. The zero-order valence-electron chi connectivity index (χ0n) is 17.3. The molecule has 3 fully saturated rings. The van der Waals surface area contributed by atoms with Crippen LogP contribution < -0.4 is 10.0 Å². The Morgan fingerprint density at radius 2 is 1.93 bits per heavy atom. The zero-order valence-corrected chi connectivity index (χ0v) is 18.1. The molecule has 2 N–H and O–H groups in total. The molecular formula is C23H28FN3O2S. The molecule has 2 amide bonds. The van der Waals surface area contributed by atoms with Gasteiger partial charge in [0.25, 0.3) is 0 Å². The van der Waals surface area contributed by atoms with Crippen LogP contribution in [-0.4, -0.2) is 46.4 Å². The maximum atomic E-state index is 15.5. The van der Waals surface area contributed by atoms with Crippen molar-refractivity contribution in [3.8, 4) is 11.1 Å². The van der Waals surface area contributed by atoms with Crippen molar-refractivity contribution in [2.45, 2.75) is 44.3 Å². The first-order chi connectivity index (χ1) is 14.5. The Kier molecular flexibility index (Phi) is 6.32. The van der Waals surface area contributed by atoms with Crippen LogP contribution in [0.1, 0.15) is 25.3 Å². The molecule has 5 rings (SSSR count). The Labute approximate surface area is 180 Å². The van der Waals surface area contributed by atoms with Gasteiger partial charge in [-0.25, -0.2) is 9.18 Å². The monoisotopic (exact) mass is 429 g/mol. The second kappa shape index (κ2) is 8.96. The third kappa shape index (κ3) is 4.06. The summed E-state index contributed by atoms with van der Waals surface area (Å²) in [4.78, 5) is 14.7. The second-order valence-electron chi connectivity index (χ2n) is 8.14. The summed E-state index contributed by atoms with van der Waals surface area (Å²) in [7, 11) is 0. The SMILES string of the molecule is CCNC(=O)N1C2CC(C2)[C@H](N[S+](C)[O-])[C@@H]1Cc1cccc(-c2ccccc2)c1F. The number of hydrogen-bond acceptors (Lipinski definition) is 3. The molecule has 2 bridgehead atoms. The molecule has 2 aromatic rings. The molecule has 30 heavy (non-hydrogen) atoms. The molecule has 2 aromatic carbocycles. The van der Waals surface area contributed by atoms with Crippen LogP contribution in [0.15, 0.2) is 48.5 Å². The maximum Gasteiger partial charge on any atom is 0.317 e. The van der Waals surface area contributed by atoms with E-state index in [9.17, 15) is 9.35 Å². The van der Waals surface area contributed by atoms with Crippen LogP contribution in [0.25, 0.3) is 11.1 Å². The van der Waals surface area contributed by atoms with Gasteiger partial charge in [-0.3, -0.25) is 0 Å². The summed E-state index contributed by atoms with van der Waals surface area (Å²) >= 11 is -1.21. The number of halogens is 1. The van der Waals surface area contributed by atoms with Crippen molar-refractivity contribution in [3.63, 3.8) is 0 Å². The molecule has 160 valence electrons. The Hall–Kier alpha value is -2.09. The number of amides is 2. The van der Waals surface area contributed by atoms with Crippen molar-refractivity contribution >= 4 is 17.4 Å². The highest BCUT2D eigenvalue weighted by molar-refractivity contribution is 7.88. The number of fused-ring (bicyclic) bond motifs is 2. The van der Waals surface area contributed by atoms with E-state index in [-0.39, 0.29) is 30.0 Å². The fourth-order valence-corrected chi connectivity index (χ4v) is 5.60. The summed E-state index contributed by atoms with van der Waals surface area (Å²) < 4.78 is 30.6. The highest BCUT2D eigenvalue weighted by atomic mass is 32.2. The minimum atomic E-state index is -1.21. The number of urea groups is 1. The highest BCUT2D eigenvalue weighted by Crippen LogP contribution is 2.44. The van der Waals surface area contributed by atoms with Gasteiger partial charge in [-0.05, 0) is 43.2 Å². The Balaban J connectivity index is 1.67. The fraction of sp³-hybridized carbons (Fsp3) is 0.435. The largest absolute Gasteiger partial charge is 0.598 e. The molecule has 2 aliphatic heterocycles. The van der Waals surface area contributed by atoms with Gasteiger partial charge in [0.05, 0.1) is 12.1 Å². The van der Waals surface area contributed by atoms with E-state index in [0.717, 1.165) is 18.4 Å². The Morgan fingerprint density at radius 3 is 2.60 bits per heavy atom. The second-order valence-corrected chi connectivity index (χ2v) is 9.29. The van der Waals surface area contributed by atoms with Crippen LogP contribution in [0.2, 0.25) is 0 Å². The molecule has 2 saturated heterocycles. The summed E-state index contributed by atoms with van der Waals surface area (Å²) in [5.74, 6) is 0.102. The quantitative estimate of drug-likeness (QED) is 0.691. The van der Waals surface area contributed by atoms with Gasteiger partial charge in [0.2, 0.25) is 0 Å². The molecule has 0 radical (unpaired) electrons. The first kappa shape index (κ1) is 21.2. The molecule has 0 spiro atoms. The van der Waals surface area contributed by atoms with E-state index in [2.05, 4.69) is 10.0 Å². The van der Waals surface area contributed by atoms with Crippen molar-refractivity contribution < 1.29 is 13.7 Å². The summed E-state index contributed by atoms with van der Waals surface area (Å²) in [6.07, 6.45) is 3.78. The van der Waals surface area contributed by atoms with Crippen molar-refractivity contribution in [1.82, 2.24) is 14.9 Å². The molecule has 1 saturated carbocycles. The summed E-state index contributed by atoms with van der Waals surface area (Å²) in [6.45, 7) is 2.42. The van der Waals surface area contributed by atoms with Crippen LogP contribution in [0.3, 0.4) is 0 Å². The van der Waals surface area contributed by atoms with Crippen LogP contribution >= 0.6 is 0 Å². The van der Waals surface area contributed by atoms with Gasteiger partial charge in [0.15, 0.2) is 0 Å². The highest BCUT2D eigenvalue weighted by Gasteiger charge is 2.53. The van der Waals surface area contributed by atoms with Crippen molar-refractivity contribution in [2.24, 2.45) is 5.92 Å². The smallest absolute Gasteiger partial charge is 0.317 e. The van der Waals surface area contributed by atoms with Gasteiger partial charge in [-0.1, -0.05) is 48.5 Å². The van der Waals surface area contributed by atoms with E-state index in [4.69, 9.17) is 0 Å². The lowest BCUT2D eigenvalue weighted by atomic mass is 9.67. The fourth-order valence-electron chi connectivity index (χ4n) is 4.86. The third-order valence-electron chi connectivity index (χ3n) is 6.28. The number of nitrogens with zero attached hydrogens (tertiary/aromatic N) is 1. The summed E-state index contributed by atoms with van der Waals surface area (Å²) in [5.41, 5.74) is 1.96. The molecule has 5 nitrogen and oxygen atoms in total. The van der Waals surface area contributed by atoms with Crippen molar-refractivity contribution in [3.05, 3.63) is 59.9 Å². The van der Waals surface area contributed by atoms with E-state index < -0.39 is 11.4 Å². The molecule has 1 aliphatic carbocycles. The van der Waals surface area contributed by atoms with E-state index in [1.807, 2.05) is 48.2 Å². The minimum absolute atomic E-state index is 0.122. The average molecular weight is 430 g/mol. The van der Waals surface area contributed by atoms with E-state index in [0.29, 0.717) is 30.0 Å². The van der Waals surface area contributed by atoms with Crippen molar-refractivity contribution in [1.29, 1.82) is 0 Å². The van der Waals surface area contributed by atoms with Crippen LogP contribution in [0, 0.1) is 11.7 Å². The number of rotatable bonds is 6. The lowest BCUT2D eigenvalue weighted by molar-refractivity contribution is -0.0241. The number of benzene rings is 2. The number of hydrogen-bond donors (Lipinski definition) is 2. The molecule has 3 atom stereocenters. The van der Waals surface area contributed by atoms with Gasteiger partial charge < -0.3 is 14.8 Å². The van der Waals surface area contributed by atoms with Crippen molar-refractivity contribution in [2.75, 3.05) is 12.8 Å². The van der Waals surface area contributed by atoms with Crippen LogP contribution in [0.5, 0.6) is 0 Å². The first-order valence-corrected chi connectivity index (χ1v) is 12.0. The Bertz CT molecular complexity index is 889. The average Bonchev–Trinajstić information content (AvgIpc) is 2.69. The van der Waals surface area contributed by atoms with Crippen LogP contribution in [0.4, 0.5) is 9.18 Å². The van der Waals surface area contributed by atoms with Gasteiger partial charge in [-0.2, -0.15) is 0 Å². The first-order valence-electron chi connectivity index (χ1n) is 10.5. The topological polar surface area (TPSA) is 67.4 Å². The molecule has 1 unspecified atom stereocenters. The third-order valence-corrected chi connectivity index (χ3v) is 6.88. The molecule has 7 heteroatoms. The molecular weight excluding hydrogens is 401 g/mol. The normalized spacial score (nSPS) is 26.1. The standard InChI is InChI=1S/C23H28FN3O2S/c1-3-25-23(28)27-18-12-17(13-18)22(26-30(2)29)20(27)14-16-10-7-11-19(21(16)24)15-8-5-4-6-9-15/h4-11,17-18,20,22,26H,3,12-14H2,1-2H3,(H,25,28)/t17?,18?,20-,22-,30?/m0/s1. The molecule has 2 heterocycles. The number of nitrogens with one attached hydrogen (secondary N) is 2. The van der Waals surface area contributed by atoms with Crippen LogP contribution in [-0.2, 0) is 17.8 Å². The predicted octanol–water partition coefficient (Wildman–Crippen LogP) is 3.48. The van der Waals surface area contributed by atoms with E-state index in [1.54, 1.807) is 18.4 Å². The van der Waals surface area contributed by atoms with Gasteiger partial charge >= 0.3 is 6.03 Å². The van der Waals surface area contributed by atoms with Gasteiger partial charge in [0, 0.05) is 29.5 Å². The zero-order chi connectivity index (χ0) is 21.3. The van der Waals surface area contributed by atoms with E-state index >= 15 is 4.39 Å². The number of piperidine rings is 2. The predicted molar refractivity (Wildman–Crippen MR) is 118 cm³/mol. The minimum Gasteiger partial charge on any atom is -0.598 e. The summed E-state index contributed by atoms with van der Waals surface area (Å²) in [5, 5.41) is 2.90. The van der Waals surface area contributed by atoms with Gasteiger partial charge in [0.1, 0.15) is 12.1 Å². The lowest BCUT2D eigenvalue weighted by Gasteiger charge is -2.57. The summed E-state index contributed by atoms with van der Waals surface area (Å²) in [6, 6.07) is 14.6.